The molecule has 1 aliphatic heterocycles. The monoisotopic (exact) mass is 283 g/mol. The lowest BCUT2D eigenvalue weighted by molar-refractivity contribution is -0.129. The molecule has 1 rings (SSSR count). The molecule has 0 aromatic rings. The van der Waals surface area contributed by atoms with Crippen molar-refractivity contribution in [2.75, 3.05) is 18.8 Å². The maximum Gasteiger partial charge on any atom is 0.250 e. The molecule has 0 bridgehead atoms. The van der Waals surface area contributed by atoms with E-state index in [0.29, 0.717) is 5.92 Å². The van der Waals surface area contributed by atoms with E-state index in [2.05, 4.69) is 26.2 Å². The van der Waals surface area contributed by atoms with Crippen LogP contribution in [0.2, 0.25) is 0 Å². The largest absolute Gasteiger partial charge is 0.339 e. The van der Waals surface area contributed by atoms with Gasteiger partial charge >= 0.3 is 0 Å². The van der Waals surface area contributed by atoms with E-state index in [9.17, 15) is 4.79 Å². The van der Waals surface area contributed by atoms with Gasteiger partial charge in [0.1, 0.15) is 0 Å². The van der Waals surface area contributed by atoms with Gasteiger partial charge in [0.25, 0.3) is 0 Å². The zero-order valence-corrected chi connectivity index (χ0v) is 13.6. The molecule has 2 nitrogen and oxygen atoms in total. The van der Waals surface area contributed by atoms with Crippen molar-refractivity contribution in [3.05, 3.63) is 11.0 Å². The maximum absolute atomic E-state index is 12.3. The summed E-state index contributed by atoms with van der Waals surface area (Å²) in [4.78, 5) is 14.3. The summed E-state index contributed by atoms with van der Waals surface area (Å²) in [6, 6.07) is 0. The summed E-state index contributed by atoms with van der Waals surface area (Å²) in [6.07, 6.45) is 7.30. The van der Waals surface area contributed by atoms with E-state index in [0.717, 1.165) is 37.3 Å². The molecule has 0 aromatic carbocycles. The highest BCUT2D eigenvalue weighted by molar-refractivity contribution is 8.02. The summed E-state index contributed by atoms with van der Waals surface area (Å²) in [5.41, 5.74) is 1.03. The van der Waals surface area contributed by atoms with Gasteiger partial charge in [-0.3, -0.25) is 4.79 Å². The van der Waals surface area contributed by atoms with Gasteiger partial charge in [-0.15, -0.1) is 11.8 Å². The highest BCUT2D eigenvalue weighted by atomic mass is 32.2. The van der Waals surface area contributed by atoms with Crippen molar-refractivity contribution in [3.8, 4) is 0 Å². The van der Waals surface area contributed by atoms with Crippen molar-refractivity contribution >= 4 is 17.7 Å². The van der Waals surface area contributed by atoms with Crippen molar-refractivity contribution in [3.63, 3.8) is 0 Å². The predicted molar refractivity (Wildman–Crippen MR) is 85.3 cm³/mol. The highest BCUT2D eigenvalue weighted by Crippen LogP contribution is 2.22. The molecule has 1 amide bonds. The molecule has 0 spiro atoms. The normalized spacial score (nSPS) is 18.6. The van der Waals surface area contributed by atoms with Crippen molar-refractivity contribution in [1.29, 1.82) is 0 Å². The van der Waals surface area contributed by atoms with Gasteiger partial charge in [-0.25, -0.2) is 0 Å². The van der Waals surface area contributed by atoms with Gasteiger partial charge in [0.2, 0.25) is 5.91 Å². The minimum Gasteiger partial charge on any atom is -0.339 e. The van der Waals surface area contributed by atoms with Crippen molar-refractivity contribution in [1.82, 2.24) is 4.90 Å². The molecule has 19 heavy (non-hydrogen) atoms. The van der Waals surface area contributed by atoms with Crippen LogP contribution in [0.15, 0.2) is 11.0 Å². The first-order valence-corrected chi connectivity index (χ1v) is 8.80. The van der Waals surface area contributed by atoms with Crippen LogP contribution in [0.5, 0.6) is 0 Å². The number of amides is 1. The average Bonchev–Trinajstić information content (AvgIpc) is 2.37. The van der Waals surface area contributed by atoms with E-state index < -0.39 is 0 Å². The Kier molecular flexibility index (Phi) is 8.27. The van der Waals surface area contributed by atoms with Crippen LogP contribution in [-0.4, -0.2) is 29.6 Å². The van der Waals surface area contributed by atoms with Crippen LogP contribution >= 0.6 is 11.8 Å². The molecule has 0 aromatic heterocycles. The zero-order valence-electron chi connectivity index (χ0n) is 12.8. The van der Waals surface area contributed by atoms with Crippen LogP contribution in [0.4, 0.5) is 0 Å². The number of carbonyl (C=O) groups is 1. The van der Waals surface area contributed by atoms with E-state index in [-0.39, 0.29) is 5.91 Å². The van der Waals surface area contributed by atoms with E-state index in [1.165, 1.54) is 25.7 Å². The Morgan fingerprint density at radius 2 is 2.11 bits per heavy atom. The fourth-order valence-corrected chi connectivity index (χ4v) is 3.28. The molecule has 1 fully saturated rings. The van der Waals surface area contributed by atoms with Gasteiger partial charge in [-0.05, 0) is 36.3 Å². The first kappa shape index (κ1) is 16.6. The van der Waals surface area contributed by atoms with Gasteiger partial charge in [0.05, 0.1) is 0 Å². The summed E-state index contributed by atoms with van der Waals surface area (Å²) >= 11 is 1.83. The highest BCUT2D eigenvalue weighted by Gasteiger charge is 2.23. The van der Waals surface area contributed by atoms with Gasteiger partial charge < -0.3 is 4.90 Å². The number of piperidine rings is 1. The van der Waals surface area contributed by atoms with Crippen molar-refractivity contribution in [2.45, 2.75) is 59.3 Å². The lowest BCUT2D eigenvalue weighted by Crippen LogP contribution is -2.39. The Morgan fingerprint density at radius 3 is 2.79 bits per heavy atom. The number of thioether (sulfide) groups is 1. The van der Waals surface area contributed by atoms with Gasteiger partial charge in [0.15, 0.2) is 0 Å². The Hall–Kier alpha value is -0.440. The molecule has 0 atom stereocenters. The summed E-state index contributed by atoms with van der Waals surface area (Å²) in [6.45, 7) is 8.42. The number of hydrogen-bond donors (Lipinski definition) is 0. The minimum atomic E-state index is 0.279. The molecule has 110 valence electrons. The molecule has 1 heterocycles. The van der Waals surface area contributed by atoms with Crippen LogP contribution in [0.25, 0.3) is 0 Å². The van der Waals surface area contributed by atoms with E-state index in [1.807, 2.05) is 16.7 Å². The van der Waals surface area contributed by atoms with Gasteiger partial charge in [0, 0.05) is 18.7 Å². The number of rotatable bonds is 8. The Bertz CT molecular complexity index is 299. The van der Waals surface area contributed by atoms with E-state index in [1.54, 1.807) is 0 Å². The number of hydrogen-bond acceptors (Lipinski definition) is 2. The summed E-state index contributed by atoms with van der Waals surface area (Å²) < 4.78 is 0. The SMILES string of the molecule is CCCCCCS/C=C1\CCCN(CC(C)C)C1=O. The fraction of sp³-hybridized carbons (Fsp3) is 0.812. The van der Waals surface area contributed by atoms with Crippen molar-refractivity contribution < 1.29 is 4.79 Å². The van der Waals surface area contributed by atoms with Crippen LogP contribution in [0.1, 0.15) is 59.3 Å². The van der Waals surface area contributed by atoms with Crippen LogP contribution < -0.4 is 0 Å². The molecule has 1 aliphatic rings. The third-order valence-electron chi connectivity index (χ3n) is 3.36. The summed E-state index contributed by atoms with van der Waals surface area (Å²) in [5.74, 6) is 1.99. The number of carbonyl (C=O) groups excluding carboxylic acids is 1. The number of likely N-dealkylation sites (tertiary alicyclic amines) is 1. The molecular formula is C16H29NOS. The molecule has 0 N–H and O–H groups in total. The minimum absolute atomic E-state index is 0.279. The molecule has 1 saturated heterocycles. The lowest BCUT2D eigenvalue weighted by Gasteiger charge is -2.29. The first-order valence-electron chi connectivity index (χ1n) is 7.75. The second-order valence-electron chi connectivity index (χ2n) is 5.82. The lowest BCUT2D eigenvalue weighted by atomic mass is 10.0. The summed E-state index contributed by atoms with van der Waals surface area (Å²) in [5, 5.41) is 2.13. The maximum atomic E-state index is 12.3. The molecule has 0 radical (unpaired) electrons. The summed E-state index contributed by atoms with van der Waals surface area (Å²) in [7, 11) is 0. The molecule has 0 saturated carbocycles. The Balaban J connectivity index is 2.33. The predicted octanol–water partition coefficient (Wildman–Crippen LogP) is 4.46. The van der Waals surface area contributed by atoms with Crippen LogP contribution in [0, 0.1) is 5.92 Å². The third-order valence-corrected chi connectivity index (χ3v) is 4.34. The molecule has 3 heteroatoms. The van der Waals surface area contributed by atoms with Crippen molar-refractivity contribution in [2.24, 2.45) is 5.92 Å². The first-order chi connectivity index (χ1) is 9.15. The molecular weight excluding hydrogens is 254 g/mol. The average molecular weight is 283 g/mol. The fourth-order valence-electron chi connectivity index (χ4n) is 2.37. The Morgan fingerprint density at radius 1 is 1.32 bits per heavy atom. The second kappa shape index (κ2) is 9.46. The van der Waals surface area contributed by atoms with Gasteiger partial charge in [-0.1, -0.05) is 40.0 Å². The van der Waals surface area contributed by atoms with Crippen LogP contribution in [0.3, 0.4) is 0 Å². The smallest absolute Gasteiger partial charge is 0.250 e. The van der Waals surface area contributed by atoms with E-state index >= 15 is 0 Å². The van der Waals surface area contributed by atoms with Crippen LogP contribution in [-0.2, 0) is 4.79 Å². The third kappa shape index (κ3) is 6.51. The molecule has 0 aliphatic carbocycles. The molecule has 0 unspecified atom stereocenters. The Labute approximate surface area is 123 Å². The quantitative estimate of drug-likeness (QED) is 0.484. The topological polar surface area (TPSA) is 20.3 Å². The standard InChI is InChI=1S/C16H29NOS/c1-4-5-6-7-11-19-13-15-9-8-10-17(16(15)18)12-14(2)3/h13-14H,4-12H2,1-3H3/b15-13+. The number of unbranched alkanes of at least 4 members (excludes halogenated alkanes) is 3. The second-order valence-corrected chi connectivity index (χ2v) is 6.80. The van der Waals surface area contributed by atoms with E-state index in [4.69, 9.17) is 0 Å². The number of nitrogens with zero attached hydrogens (tertiary/aromatic N) is 1. The zero-order chi connectivity index (χ0) is 14.1. The van der Waals surface area contributed by atoms with Gasteiger partial charge in [-0.2, -0.15) is 0 Å².